The third-order valence-electron chi connectivity index (χ3n) is 8.32. The molecule has 4 atom stereocenters. The van der Waals surface area contributed by atoms with Gasteiger partial charge in [-0.2, -0.15) is 13.2 Å². The van der Waals surface area contributed by atoms with Gasteiger partial charge in [0, 0.05) is 49.5 Å². The van der Waals surface area contributed by atoms with Crippen LogP contribution in [0.4, 0.5) is 28.9 Å². The summed E-state index contributed by atoms with van der Waals surface area (Å²) in [7, 11) is 3.62. The van der Waals surface area contributed by atoms with Crippen molar-refractivity contribution in [3.63, 3.8) is 0 Å². The lowest BCUT2D eigenvalue weighted by molar-refractivity contribution is -0.137. The zero-order valence-corrected chi connectivity index (χ0v) is 21.9. The number of hydrogen-bond acceptors (Lipinski definition) is 5. The average molecular weight is 549 g/mol. The van der Waals surface area contributed by atoms with Crippen molar-refractivity contribution in [3.05, 3.63) is 53.3 Å². The predicted octanol–water partition coefficient (Wildman–Crippen LogP) is 4.39. The number of likely N-dealkylation sites (N-methyl/N-ethyl adjacent to an activating group) is 1. The number of amides is 2. The van der Waals surface area contributed by atoms with E-state index in [0.29, 0.717) is 23.6 Å². The van der Waals surface area contributed by atoms with Gasteiger partial charge in [0.1, 0.15) is 11.6 Å². The van der Waals surface area contributed by atoms with Crippen molar-refractivity contribution >= 4 is 23.2 Å². The molecule has 2 saturated carbocycles. The highest BCUT2D eigenvalue weighted by Gasteiger charge is 2.51. The monoisotopic (exact) mass is 548 g/mol. The van der Waals surface area contributed by atoms with Crippen molar-refractivity contribution < 1.29 is 31.9 Å². The first-order chi connectivity index (χ1) is 18.5. The van der Waals surface area contributed by atoms with E-state index in [4.69, 9.17) is 4.74 Å². The number of benzene rings is 2. The van der Waals surface area contributed by atoms with Crippen LogP contribution in [0.15, 0.2) is 36.4 Å². The molecule has 0 spiro atoms. The van der Waals surface area contributed by atoms with Crippen LogP contribution in [0.2, 0.25) is 0 Å². The summed E-state index contributed by atoms with van der Waals surface area (Å²) < 4.78 is 58.9. The van der Waals surface area contributed by atoms with Gasteiger partial charge in [0.15, 0.2) is 0 Å². The fraction of sp³-hybridized carbons (Fsp3) is 0.500. The molecule has 0 unspecified atom stereocenters. The van der Waals surface area contributed by atoms with Gasteiger partial charge in [0.25, 0.3) is 5.91 Å². The average Bonchev–Trinajstić information content (AvgIpc) is 3.50. The second-order valence-corrected chi connectivity index (χ2v) is 10.7. The smallest absolute Gasteiger partial charge is 0.416 e. The first kappa shape index (κ1) is 27.2. The Morgan fingerprint density at radius 2 is 1.72 bits per heavy atom. The highest BCUT2D eigenvalue weighted by molar-refractivity contribution is 5.98. The number of nitrogens with zero attached hydrogens (tertiary/aromatic N) is 2. The normalized spacial score (nSPS) is 25.0. The van der Waals surface area contributed by atoms with Crippen LogP contribution in [0.25, 0.3) is 0 Å². The number of carbonyl (C=O) groups is 2. The third-order valence-corrected chi connectivity index (χ3v) is 8.32. The van der Waals surface area contributed by atoms with Crippen LogP contribution >= 0.6 is 0 Å². The standard InChI is InChI=1S/C28H32F4N4O3/c1-35-7-9-36(10-8-35)21-5-6-22(23(15-21)39-2)33-27(38)24-16-3-4-17(11-16)25(24)34-26(37)18-12-19(28(30,31)32)14-20(29)13-18/h5-6,12-17,24-25H,3-4,7-11H2,1-2H3,(H,33,38)(H,34,37)/t16-,17+,24+,25+/m0/s1. The molecule has 2 N–H and O–H groups in total. The highest BCUT2D eigenvalue weighted by Crippen LogP contribution is 2.49. The maximum absolute atomic E-state index is 13.9. The molecule has 39 heavy (non-hydrogen) atoms. The molecule has 2 bridgehead atoms. The van der Waals surface area contributed by atoms with Gasteiger partial charge in [0.2, 0.25) is 5.91 Å². The summed E-state index contributed by atoms with van der Waals surface area (Å²) in [5.41, 5.74) is -0.156. The number of rotatable bonds is 6. The van der Waals surface area contributed by atoms with Crippen LogP contribution in [-0.2, 0) is 11.0 Å². The molecule has 1 heterocycles. The number of anilines is 2. The van der Waals surface area contributed by atoms with Crippen molar-refractivity contribution in [1.82, 2.24) is 10.2 Å². The van der Waals surface area contributed by atoms with Gasteiger partial charge in [-0.1, -0.05) is 0 Å². The summed E-state index contributed by atoms with van der Waals surface area (Å²) in [6.07, 6.45) is -2.42. The fourth-order valence-electron chi connectivity index (χ4n) is 6.26. The van der Waals surface area contributed by atoms with E-state index in [9.17, 15) is 27.2 Å². The summed E-state index contributed by atoms with van der Waals surface area (Å²) in [5.74, 6) is -2.25. The van der Waals surface area contributed by atoms with Crippen molar-refractivity contribution in [2.75, 3.05) is 50.6 Å². The number of methoxy groups -OCH3 is 1. The van der Waals surface area contributed by atoms with Crippen molar-refractivity contribution in [2.24, 2.45) is 17.8 Å². The largest absolute Gasteiger partial charge is 0.494 e. The summed E-state index contributed by atoms with van der Waals surface area (Å²) in [4.78, 5) is 31.0. The van der Waals surface area contributed by atoms with E-state index in [-0.39, 0.29) is 17.7 Å². The zero-order valence-electron chi connectivity index (χ0n) is 21.9. The molecule has 210 valence electrons. The van der Waals surface area contributed by atoms with E-state index in [0.717, 1.165) is 57.2 Å². The minimum Gasteiger partial charge on any atom is -0.494 e. The Kier molecular flexibility index (Phi) is 7.45. The number of hydrogen-bond donors (Lipinski definition) is 2. The lowest BCUT2D eigenvalue weighted by Crippen LogP contribution is -2.48. The maximum atomic E-state index is 13.9. The topological polar surface area (TPSA) is 73.9 Å². The third kappa shape index (κ3) is 5.68. The molecule has 2 aromatic rings. The van der Waals surface area contributed by atoms with Gasteiger partial charge in [-0.15, -0.1) is 0 Å². The maximum Gasteiger partial charge on any atom is 0.416 e. The van der Waals surface area contributed by atoms with Crippen LogP contribution in [0.1, 0.15) is 35.2 Å². The lowest BCUT2D eigenvalue weighted by Gasteiger charge is -2.34. The Hall–Kier alpha value is -3.34. The van der Waals surface area contributed by atoms with Crippen molar-refractivity contribution in [2.45, 2.75) is 31.5 Å². The Balaban J connectivity index is 1.31. The Morgan fingerprint density at radius 3 is 2.41 bits per heavy atom. The first-order valence-corrected chi connectivity index (χ1v) is 13.1. The predicted molar refractivity (Wildman–Crippen MR) is 138 cm³/mol. The fourth-order valence-corrected chi connectivity index (χ4v) is 6.26. The molecule has 3 aliphatic rings. The molecule has 2 aromatic carbocycles. The SMILES string of the molecule is COc1cc(N2CCN(C)CC2)ccc1NC(=O)[C@@H]1[C@H]2CC[C@H](C2)[C@H]1NC(=O)c1cc(F)cc(C(F)(F)F)c1. The van der Waals surface area contributed by atoms with Crippen LogP contribution in [-0.4, -0.2) is 63.1 Å². The Morgan fingerprint density at radius 1 is 1.00 bits per heavy atom. The van der Waals surface area contributed by atoms with Crippen LogP contribution in [0.3, 0.4) is 0 Å². The Labute approximate surface area is 224 Å². The number of fused-ring (bicyclic) bond motifs is 2. The molecular weight excluding hydrogens is 516 g/mol. The van der Waals surface area contributed by atoms with E-state index in [1.807, 2.05) is 12.1 Å². The highest BCUT2D eigenvalue weighted by atomic mass is 19.4. The Bertz CT molecular complexity index is 1250. The molecule has 1 saturated heterocycles. The van der Waals surface area contributed by atoms with Crippen molar-refractivity contribution in [1.29, 1.82) is 0 Å². The molecule has 3 fully saturated rings. The molecule has 7 nitrogen and oxygen atoms in total. The molecule has 2 amide bonds. The summed E-state index contributed by atoms with van der Waals surface area (Å²) in [5, 5.41) is 5.71. The van der Waals surface area contributed by atoms with Gasteiger partial charge in [0.05, 0.1) is 24.3 Å². The van der Waals surface area contributed by atoms with Crippen LogP contribution in [0, 0.1) is 23.6 Å². The van der Waals surface area contributed by atoms with E-state index < -0.39 is 41.0 Å². The second-order valence-electron chi connectivity index (χ2n) is 10.7. The van der Waals surface area contributed by atoms with Gasteiger partial charge in [-0.3, -0.25) is 9.59 Å². The minimum atomic E-state index is -4.79. The van der Waals surface area contributed by atoms with Gasteiger partial charge in [-0.25, -0.2) is 4.39 Å². The van der Waals surface area contributed by atoms with Crippen LogP contribution in [0.5, 0.6) is 5.75 Å². The van der Waals surface area contributed by atoms with E-state index >= 15 is 0 Å². The van der Waals surface area contributed by atoms with E-state index in [1.54, 1.807) is 6.07 Å². The number of carbonyl (C=O) groups excluding carboxylic acids is 2. The van der Waals surface area contributed by atoms with Crippen LogP contribution < -0.4 is 20.3 Å². The number of nitrogens with one attached hydrogen (secondary N) is 2. The minimum absolute atomic E-state index is 0.0202. The van der Waals surface area contributed by atoms with Crippen molar-refractivity contribution in [3.8, 4) is 5.75 Å². The molecule has 11 heteroatoms. The number of halogens is 4. The van der Waals surface area contributed by atoms with E-state index in [2.05, 4.69) is 27.5 Å². The van der Waals surface area contributed by atoms with E-state index in [1.165, 1.54) is 7.11 Å². The summed E-state index contributed by atoms with van der Waals surface area (Å²) in [6.45, 7) is 3.66. The first-order valence-electron chi connectivity index (χ1n) is 13.1. The summed E-state index contributed by atoms with van der Waals surface area (Å²) in [6, 6.07) is 6.83. The molecular formula is C28H32F4N4O3. The molecule has 0 radical (unpaired) electrons. The lowest BCUT2D eigenvalue weighted by atomic mass is 9.83. The van der Waals surface area contributed by atoms with Gasteiger partial charge in [-0.05, 0) is 68.5 Å². The zero-order chi connectivity index (χ0) is 27.9. The molecule has 2 aliphatic carbocycles. The number of piperazine rings is 1. The van der Waals surface area contributed by atoms with Gasteiger partial charge >= 0.3 is 6.18 Å². The number of alkyl halides is 3. The summed E-state index contributed by atoms with van der Waals surface area (Å²) >= 11 is 0. The molecule has 0 aromatic heterocycles. The molecule has 1 aliphatic heterocycles. The van der Waals surface area contributed by atoms with Gasteiger partial charge < -0.3 is 25.2 Å². The number of ether oxygens (including phenoxy) is 1. The molecule has 5 rings (SSSR count). The quantitative estimate of drug-likeness (QED) is 0.524. The second kappa shape index (κ2) is 10.7.